The highest BCUT2D eigenvalue weighted by Gasteiger charge is 2.47. The molecular formula is C20H24NO4P. The van der Waals surface area contributed by atoms with E-state index in [2.05, 4.69) is 4.99 Å². The molecule has 2 aromatic carbocycles. The summed E-state index contributed by atoms with van der Waals surface area (Å²) in [6.07, 6.45) is -0.519. The predicted octanol–water partition coefficient (Wildman–Crippen LogP) is 5.11. The van der Waals surface area contributed by atoms with Crippen molar-refractivity contribution >= 4 is 13.5 Å². The molecule has 2 aromatic rings. The van der Waals surface area contributed by atoms with Gasteiger partial charge in [0, 0.05) is 5.56 Å². The third-order valence-electron chi connectivity index (χ3n) is 4.13. The summed E-state index contributed by atoms with van der Waals surface area (Å²) in [5, 5.41) is 0. The molecule has 0 aromatic heterocycles. The highest BCUT2D eigenvalue weighted by molar-refractivity contribution is 7.54. The number of rotatable bonds is 7. The van der Waals surface area contributed by atoms with Crippen molar-refractivity contribution in [2.75, 3.05) is 13.2 Å². The molecule has 0 saturated carbocycles. The maximum absolute atomic E-state index is 13.4. The molecule has 0 saturated heterocycles. The van der Waals surface area contributed by atoms with Gasteiger partial charge in [-0.1, -0.05) is 48.0 Å². The van der Waals surface area contributed by atoms with Crippen LogP contribution in [-0.2, 0) is 18.3 Å². The molecule has 1 aliphatic rings. The second-order valence-corrected chi connectivity index (χ2v) is 8.16. The molecule has 5 nitrogen and oxygen atoms in total. The predicted molar refractivity (Wildman–Crippen MR) is 103 cm³/mol. The Balaban J connectivity index is 2.02. The minimum absolute atomic E-state index is 0.282. The van der Waals surface area contributed by atoms with Gasteiger partial charge in [0.15, 0.2) is 11.9 Å². The first-order valence-corrected chi connectivity index (χ1v) is 10.4. The minimum atomic E-state index is -3.47. The van der Waals surface area contributed by atoms with Crippen molar-refractivity contribution in [3.8, 4) is 0 Å². The average Bonchev–Trinajstić information content (AvgIpc) is 3.10. The van der Waals surface area contributed by atoms with E-state index in [0.29, 0.717) is 5.90 Å². The van der Waals surface area contributed by atoms with Crippen LogP contribution in [0.4, 0.5) is 0 Å². The molecule has 3 rings (SSSR count). The minimum Gasteiger partial charge on any atom is -0.466 e. The van der Waals surface area contributed by atoms with E-state index in [-0.39, 0.29) is 13.2 Å². The van der Waals surface area contributed by atoms with Gasteiger partial charge in [-0.05, 0) is 38.5 Å². The first-order chi connectivity index (χ1) is 12.6. The largest absolute Gasteiger partial charge is 0.466 e. The van der Waals surface area contributed by atoms with E-state index >= 15 is 0 Å². The molecular weight excluding hydrogens is 349 g/mol. The molecule has 0 unspecified atom stereocenters. The van der Waals surface area contributed by atoms with Gasteiger partial charge in [0.05, 0.1) is 13.2 Å². The summed E-state index contributed by atoms with van der Waals surface area (Å²) < 4.78 is 30.7. The fraction of sp³-hybridized carbons (Fsp3) is 0.350. The quantitative estimate of drug-likeness (QED) is 0.633. The molecule has 0 radical (unpaired) electrons. The molecule has 0 aliphatic carbocycles. The van der Waals surface area contributed by atoms with Crippen LogP contribution >= 0.6 is 7.60 Å². The van der Waals surface area contributed by atoms with Crippen LogP contribution in [-0.4, -0.2) is 24.9 Å². The first-order valence-electron chi connectivity index (χ1n) is 8.82. The van der Waals surface area contributed by atoms with Crippen LogP contribution in [0, 0.1) is 6.92 Å². The Hall–Kier alpha value is -1.94. The van der Waals surface area contributed by atoms with Crippen molar-refractivity contribution in [1.82, 2.24) is 0 Å². The molecule has 0 fully saturated rings. The SMILES string of the molecule is CCOP(=O)(OCC)[C@H]1N=C(c2ccccc2)O[C@H]1c1ccc(C)cc1. The fourth-order valence-electron chi connectivity index (χ4n) is 2.91. The van der Waals surface area contributed by atoms with Gasteiger partial charge in [0.1, 0.15) is 0 Å². The molecule has 138 valence electrons. The number of nitrogens with zero attached hydrogens (tertiary/aromatic N) is 1. The molecule has 0 spiro atoms. The number of aryl methyl sites for hydroxylation is 1. The lowest BCUT2D eigenvalue weighted by molar-refractivity contribution is 0.172. The summed E-state index contributed by atoms with van der Waals surface area (Å²) in [7, 11) is -3.47. The van der Waals surface area contributed by atoms with E-state index in [1.165, 1.54) is 0 Å². The second-order valence-electron chi connectivity index (χ2n) is 6.04. The van der Waals surface area contributed by atoms with Gasteiger partial charge in [0.2, 0.25) is 5.90 Å². The van der Waals surface area contributed by atoms with Gasteiger partial charge in [-0.3, -0.25) is 4.57 Å². The molecule has 6 heteroatoms. The normalized spacial score (nSPS) is 19.9. The van der Waals surface area contributed by atoms with Crippen molar-refractivity contribution in [1.29, 1.82) is 0 Å². The zero-order valence-electron chi connectivity index (χ0n) is 15.3. The van der Waals surface area contributed by atoms with Crippen LogP contribution in [0.3, 0.4) is 0 Å². The van der Waals surface area contributed by atoms with Crippen molar-refractivity contribution in [3.05, 3.63) is 71.3 Å². The fourth-order valence-corrected chi connectivity index (χ4v) is 4.82. The molecule has 1 heterocycles. The molecule has 26 heavy (non-hydrogen) atoms. The lowest BCUT2D eigenvalue weighted by Gasteiger charge is -2.25. The highest BCUT2D eigenvalue weighted by Crippen LogP contribution is 2.60. The van der Waals surface area contributed by atoms with Crippen LogP contribution < -0.4 is 0 Å². The lowest BCUT2D eigenvalue weighted by Crippen LogP contribution is -2.18. The van der Waals surface area contributed by atoms with Gasteiger partial charge in [0.25, 0.3) is 0 Å². The maximum Gasteiger partial charge on any atom is 0.359 e. The topological polar surface area (TPSA) is 57.1 Å². The lowest BCUT2D eigenvalue weighted by atomic mass is 10.1. The van der Waals surface area contributed by atoms with E-state index < -0.39 is 19.5 Å². The van der Waals surface area contributed by atoms with Crippen molar-refractivity contribution in [3.63, 3.8) is 0 Å². The summed E-state index contributed by atoms with van der Waals surface area (Å²) in [6, 6.07) is 17.5. The van der Waals surface area contributed by atoms with Crippen molar-refractivity contribution in [2.24, 2.45) is 4.99 Å². The zero-order chi connectivity index (χ0) is 18.6. The standard InChI is InChI=1S/C20H24NO4P/c1-4-23-26(22,24-5-2)20-18(16-13-11-15(3)12-14-16)25-19(21-20)17-9-7-6-8-10-17/h6-14,18,20H,4-5H2,1-3H3/t18-,20+/m0/s1. The van der Waals surface area contributed by atoms with E-state index in [9.17, 15) is 4.57 Å². The Morgan fingerprint density at radius 3 is 2.19 bits per heavy atom. The average molecular weight is 373 g/mol. The smallest absolute Gasteiger partial charge is 0.359 e. The van der Waals surface area contributed by atoms with Crippen LogP contribution in [0.2, 0.25) is 0 Å². The first kappa shape index (κ1) is 18.8. The molecule has 1 aliphatic heterocycles. The van der Waals surface area contributed by atoms with E-state index in [1.807, 2.05) is 61.5 Å². The van der Waals surface area contributed by atoms with E-state index in [0.717, 1.165) is 16.7 Å². The molecule has 0 bridgehead atoms. The van der Waals surface area contributed by atoms with E-state index in [4.69, 9.17) is 13.8 Å². The number of ether oxygens (including phenoxy) is 1. The third kappa shape index (κ3) is 3.90. The Morgan fingerprint density at radius 1 is 1.00 bits per heavy atom. The van der Waals surface area contributed by atoms with Crippen molar-refractivity contribution < 1.29 is 18.3 Å². The monoisotopic (exact) mass is 373 g/mol. The maximum atomic E-state index is 13.4. The second kappa shape index (κ2) is 8.17. The summed E-state index contributed by atoms with van der Waals surface area (Å²) in [5.41, 5.74) is 2.88. The summed E-state index contributed by atoms with van der Waals surface area (Å²) >= 11 is 0. The summed E-state index contributed by atoms with van der Waals surface area (Å²) in [5.74, 6) is -0.277. The summed E-state index contributed by atoms with van der Waals surface area (Å²) in [4.78, 5) is 4.63. The number of hydrogen-bond acceptors (Lipinski definition) is 5. The van der Waals surface area contributed by atoms with Crippen LogP contribution in [0.5, 0.6) is 0 Å². The zero-order valence-corrected chi connectivity index (χ0v) is 16.2. The summed E-state index contributed by atoms with van der Waals surface area (Å²) in [6.45, 7) is 6.18. The van der Waals surface area contributed by atoms with Gasteiger partial charge in [-0.25, -0.2) is 4.99 Å². The Labute approximate surface area is 154 Å². The Morgan fingerprint density at radius 2 is 1.62 bits per heavy atom. The van der Waals surface area contributed by atoms with Crippen molar-refractivity contribution in [2.45, 2.75) is 32.7 Å². The van der Waals surface area contributed by atoms with Crippen LogP contribution in [0.25, 0.3) is 0 Å². The van der Waals surface area contributed by atoms with Crippen LogP contribution in [0.15, 0.2) is 59.6 Å². The Bertz CT molecular complexity index is 794. The Kier molecular flexibility index (Phi) is 5.92. The van der Waals surface area contributed by atoms with Crippen LogP contribution in [0.1, 0.15) is 36.6 Å². The van der Waals surface area contributed by atoms with Gasteiger partial charge < -0.3 is 13.8 Å². The van der Waals surface area contributed by atoms with Gasteiger partial charge in [-0.2, -0.15) is 0 Å². The van der Waals surface area contributed by atoms with E-state index in [1.54, 1.807) is 13.8 Å². The number of hydrogen-bond donors (Lipinski definition) is 0. The van der Waals surface area contributed by atoms with Gasteiger partial charge in [-0.15, -0.1) is 0 Å². The van der Waals surface area contributed by atoms with Gasteiger partial charge >= 0.3 is 7.60 Å². The number of benzene rings is 2. The molecule has 0 amide bonds. The highest BCUT2D eigenvalue weighted by atomic mass is 31.2. The molecule has 2 atom stereocenters. The molecule has 0 N–H and O–H groups in total. The third-order valence-corrected chi connectivity index (χ3v) is 6.40. The number of aliphatic imine (C=N–C) groups is 1.